The van der Waals surface area contributed by atoms with E-state index in [-0.39, 0.29) is 11.3 Å². The van der Waals surface area contributed by atoms with Crippen molar-refractivity contribution in [3.8, 4) is 17.0 Å². The minimum Gasteiger partial charge on any atom is -0.507 e. The van der Waals surface area contributed by atoms with Gasteiger partial charge in [-0.1, -0.05) is 6.07 Å². The van der Waals surface area contributed by atoms with Gasteiger partial charge in [0.25, 0.3) is 0 Å². The van der Waals surface area contributed by atoms with Gasteiger partial charge in [-0.3, -0.25) is 0 Å². The summed E-state index contributed by atoms with van der Waals surface area (Å²) >= 11 is 0. The van der Waals surface area contributed by atoms with Gasteiger partial charge in [-0.2, -0.15) is 13.2 Å². The fraction of sp³-hybridized carbons (Fsp3) is 0.526. The van der Waals surface area contributed by atoms with Gasteiger partial charge in [0, 0.05) is 19.1 Å². The van der Waals surface area contributed by atoms with Gasteiger partial charge in [0.1, 0.15) is 11.4 Å². The van der Waals surface area contributed by atoms with E-state index in [0.717, 1.165) is 44.6 Å². The number of likely N-dealkylation sites (tertiary alicyclic amines) is 1. The molecule has 2 fully saturated rings. The van der Waals surface area contributed by atoms with Crippen molar-refractivity contribution in [2.24, 2.45) is 5.92 Å². The Hall–Kier alpha value is -2.42. The van der Waals surface area contributed by atoms with Crippen molar-refractivity contribution in [2.45, 2.75) is 32.0 Å². The van der Waals surface area contributed by atoms with E-state index in [9.17, 15) is 18.3 Å². The summed E-state index contributed by atoms with van der Waals surface area (Å²) in [6, 6.07) is 3.59. The summed E-state index contributed by atoms with van der Waals surface area (Å²) in [4.78, 5) is 8.85. The first-order valence-electron chi connectivity index (χ1n) is 9.31. The highest BCUT2D eigenvalue weighted by Gasteiger charge is 2.39. The highest BCUT2D eigenvalue weighted by molar-refractivity contribution is 5.73. The van der Waals surface area contributed by atoms with E-state index in [0.29, 0.717) is 23.6 Å². The van der Waals surface area contributed by atoms with Crippen LogP contribution in [-0.4, -0.2) is 57.9 Å². The molecular weight excluding hydrogens is 371 g/mol. The molecule has 4 rings (SSSR count). The fourth-order valence-electron chi connectivity index (χ4n) is 4.32. The van der Waals surface area contributed by atoms with E-state index in [2.05, 4.69) is 32.0 Å². The second-order valence-corrected chi connectivity index (χ2v) is 7.60. The first-order valence-corrected chi connectivity index (χ1v) is 9.31. The van der Waals surface area contributed by atoms with E-state index in [1.54, 1.807) is 6.92 Å². The minimum atomic E-state index is -4.62. The Balaban J connectivity index is 1.71. The molecule has 0 radical (unpaired) electrons. The van der Waals surface area contributed by atoms with Gasteiger partial charge in [0.2, 0.25) is 5.95 Å². The van der Waals surface area contributed by atoms with Gasteiger partial charge in [0.15, 0.2) is 0 Å². The highest BCUT2D eigenvalue weighted by atomic mass is 19.4. The van der Waals surface area contributed by atoms with Crippen molar-refractivity contribution in [3.63, 3.8) is 0 Å². The number of phenols is 1. The van der Waals surface area contributed by atoms with E-state index in [1.807, 2.05) is 0 Å². The molecule has 150 valence electrons. The van der Waals surface area contributed by atoms with Crippen LogP contribution in [0.2, 0.25) is 0 Å². The molecule has 0 amide bonds. The number of likely N-dealkylation sites (N-methyl/N-ethyl adjacent to an activating group) is 1. The van der Waals surface area contributed by atoms with Crippen LogP contribution >= 0.6 is 0 Å². The first kappa shape index (κ1) is 18.9. The SMILES string of the molecule is Cc1nc(N2CC[C@@H]3CCN(C)C[C@@H]32)nnc1-c1c(O)cccc1C(F)(F)F. The lowest BCUT2D eigenvalue weighted by molar-refractivity contribution is -0.137. The number of alkyl halides is 3. The number of halogens is 3. The average Bonchev–Trinajstić information content (AvgIpc) is 3.04. The number of hydrogen-bond donors (Lipinski definition) is 1. The molecule has 1 N–H and O–H groups in total. The molecule has 2 saturated heterocycles. The lowest BCUT2D eigenvalue weighted by Gasteiger charge is -2.36. The van der Waals surface area contributed by atoms with Crippen molar-refractivity contribution >= 4 is 5.95 Å². The van der Waals surface area contributed by atoms with Gasteiger partial charge >= 0.3 is 6.18 Å². The van der Waals surface area contributed by atoms with Gasteiger partial charge in [0.05, 0.1) is 16.8 Å². The summed E-state index contributed by atoms with van der Waals surface area (Å²) in [5.74, 6) is 0.528. The molecule has 6 nitrogen and oxygen atoms in total. The van der Waals surface area contributed by atoms with Crippen molar-refractivity contribution in [1.82, 2.24) is 20.1 Å². The molecule has 1 aromatic carbocycles. The number of aromatic hydroxyl groups is 1. The molecule has 0 aliphatic carbocycles. The maximum atomic E-state index is 13.4. The van der Waals surface area contributed by atoms with Gasteiger partial charge in [-0.25, -0.2) is 4.98 Å². The predicted octanol–water partition coefficient (Wildman–Crippen LogP) is 3.10. The summed E-state index contributed by atoms with van der Waals surface area (Å²) in [7, 11) is 2.08. The molecule has 0 spiro atoms. The number of hydrogen-bond acceptors (Lipinski definition) is 6. The Kier molecular flexibility index (Phi) is 4.65. The smallest absolute Gasteiger partial charge is 0.417 e. The molecule has 0 saturated carbocycles. The number of rotatable bonds is 2. The summed E-state index contributed by atoms with van der Waals surface area (Å²) in [5, 5.41) is 18.3. The quantitative estimate of drug-likeness (QED) is 0.846. The van der Waals surface area contributed by atoms with E-state index in [4.69, 9.17) is 0 Å². The lowest BCUT2D eigenvalue weighted by Crippen LogP contribution is -2.47. The molecule has 0 bridgehead atoms. The standard InChI is InChI=1S/C19H22F3N5O/c1-11-17(16-13(19(20,21)22)4-3-5-15(16)28)24-25-18(23-11)27-9-7-12-6-8-26(2)10-14(12)27/h3-5,12,14,28H,6-10H2,1-2H3/t12-,14-/m0/s1. The van der Waals surface area contributed by atoms with Gasteiger partial charge in [-0.15, -0.1) is 10.2 Å². The number of fused-ring (bicyclic) bond motifs is 1. The zero-order chi connectivity index (χ0) is 20.1. The predicted molar refractivity (Wildman–Crippen MR) is 98.0 cm³/mol. The van der Waals surface area contributed by atoms with Gasteiger partial charge < -0.3 is 14.9 Å². The number of piperidine rings is 1. The fourth-order valence-corrected chi connectivity index (χ4v) is 4.32. The molecule has 3 heterocycles. The van der Waals surface area contributed by atoms with Crippen molar-refractivity contribution in [1.29, 1.82) is 0 Å². The van der Waals surface area contributed by atoms with Crippen LogP contribution < -0.4 is 4.90 Å². The number of aromatic nitrogens is 3. The maximum Gasteiger partial charge on any atom is 0.417 e. The lowest BCUT2D eigenvalue weighted by atomic mass is 9.92. The average molecular weight is 393 g/mol. The summed E-state index contributed by atoms with van der Waals surface area (Å²) in [6.07, 6.45) is -2.44. The Bertz CT molecular complexity index is 888. The Morgan fingerprint density at radius 2 is 1.89 bits per heavy atom. The molecule has 0 unspecified atom stereocenters. The van der Waals surface area contributed by atoms with E-state index >= 15 is 0 Å². The number of phenolic OH excluding ortho intramolecular Hbond substituents is 1. The van der Waals surface area contributed by atoms with Crippen LogP contribution in [0.5, 0.6) is 5.75 Å². The Morgan fingerprint density at radius 1 is 1.14 bits per heavy atom. The van der Waals surface area contributed by atoms with Crippen LogP contribution in [0.15, 0.2) is 18.2 Å². The number of nitrogens with zero attached hydrogens (tertiary/aromatic N) is 5. The van der Waals surface area contributed by atoms with Crippen LogP contribution in [0.1, 0.15) is 24.1 Å². The number of anilines is 1. The largest absolute Gasteiger partial charge is 0.507 e. The van der Waals surface area contributed by atoms with Gasteiger partial charge in [-0.05, 0) is 51.4 Å². The summed E-state index contributed by atoms with van der Waals surface area (Å²) < 4.78 is 40.2. The third-order valence-electron chi connectivity index (χ3n) is 5.76. The molecule has 9 heteroatoms. The van der Waals surface area contributed by atoms with Crippen LogP contribution in [0.4, 0.5) is 19.1 Å². The first-order chi connectivity index (χ1) is 13.3. The normalized spacial score (nSPS) is 23.1. The monoisotopic (exact) mass is 393 g/mol. The second kappa shape index (κ2) is 6.88. The molecule has 1 aromatic heterocycles. The Labute approximate surface area is 161 Å². The molecule has 2 aliphatic rings. The number of benzene rings is 1. The zero-order valence-corrected chi connectivity index (χ0v) is 15.7. The second-order valence-electron chi connectivity index (χ2n) is 7.60. The minimum absolute atomic E-state index is 0.0503. The zero-order valence-electron chi connectivity index (χ0n) is 15.7. The van der Waals surface area contributed by atoms with Crippen molar-refractivity contribution in [3.05, 3.63) is 29.5 Å². The molecule has 2 aromatic rings. The molecule has 2 aliphatic heterocycles. The van der Waals surface area contributed by atoms with Crippen molar-refractivity contribution in [2.75, 3.05) is 31.6 Å². The maximum absolute atomic E-state index is 13.4. The summed E-state index contributed by atoms with van der Waals surface area (Å²) in [6.45, 7) is 4.39. The third kappa shape index (κ3) is 3.28. The third-order valence-corrected chi connectivity index (χ3v) is 5.76. The highest BCUT2D eigenvalue weighted by Crippen LogP contribution is 2.42. The molecule has 2 atom stereocenters. The van der Waals surface area contributed by atoms with Crippen LogP contribution in [0, 0.1) is 12.8 Å². The molecule has 28 heavy (non-hydrogen) atoms. The van der Waals surface area contributed by atoms with E-state index < -0.39 is 17.5 Å². The number of aryl methyl sites for hydroxylation is 1. The summed E-state index contributed by atoms with van der Waals surface area (Å²) in [5.41, 5.74) is -1.07. The van der Waals surface area contributed by atoms with Crippen LogP contribution in [0.3, 0.4) is 0 Å². The topological polar surface area (TPSA) is 65.4 Å². The van der Waals surface area contributed by atoms with Crippen LogP contribution in [0.25, 0.3) is 11.3 Å². The van der Waals surface area contributed by atoms with Crippen molar-refractivity contribution < 1.29 is 18.3 Å². The van der Waals surface area contributed by atoms with E-state index in [1.165, 1.54) is 6.07 Å². The Morgan fingerprint density at radius 3 is 2.61 bits per heavy atom. The van der Waals surface area contributed by atoms with Crippen LogP contribution in [-0.2, 0) is 6.18 Å². The molecular formula is C19H22F3N5O.